The van der Waals surface area contributed by atoms with Gasteiger partial charge >= 0.3 is 0 Å². The lowest BCUT2D eigenvalue weighted by atomic mass is 10.2. The molecule has 1 aromatic carbocycles. The van der Waals surface area contributed by atoms with Crippen LogP contribution in [0, 0.1) is 17.0 Å². The number of nitrogens with one attached hydrogen (secondary N) is 1. The number of benzene rings is 1. The predicted molar refractivity (Wildman–Crippen MR) is 67.2 cm³/mol. The molecule has 0 saturated carbocycles. The van der Waals surface area contributed by atoms with Crippen LogP contribution >= 0.6 is 0 Å². The number of hydrogen-bond donors (Lipinski definition) is 1. The Morgan fingerprint density at radius 1 is 1.50 bits per heavy atom. The first kappa shape index (κ1) is 13.3. The largest absolute Gasteiger partial charge is 0.295 e. The summed E-state index contributed by atoms with van der Waals surface area (Å²) >= 11 is 0. The van der Waals surface area contributed by atoms with Gasteiger partial charge in [-0.15, -0.1) is 0 Å². The van der Waals surface area contributed by atoms with E-state index in [1.807, 2.05) is 0 Å². The summed E-state index contributed by atoms with van der Waals surface area (Å²) in [5.41, 5.74) is 3.01. The number of aromatic nitrogens is 2. The zero-order valence-electron chi connectivity index (χ0n) is 10.3. The molecule has 9 heteroatoms. The number of rotatable bonds is 4. The third kappa shape index (κ3) is 3.02. The standard InChI is InChI=1S/C11H9N5O4/c1-7-10(15-20-14-7)11(17)13-12-6-8-3-2-4-9(5-8)16(18)19/h2-6H,1H3,(H,13,17)/b12-6-. The fourth-order valence-electron chi connectivity index (χ4n) is 1.37. The van der Waals surface area contributed by atoms with E-state index < -0.39 is 10.8 Å². The quantitative estimate of drug-likeness (QED) is 0.505. The number of carbonyl (C=O) groups excluding carboxylic acids is 1. The minimum Gasteiger partial charge on any atom is -0.265 e. The third-order valence-corrected chi connectivity index (χ3v) is 2.33. The Morgan fingerprint density at radius 2 is 2.30 bits per heavy atom. The van der Waals surface area contributed by atoms with Crippen molar-refractivity contribution in [3.63, 3.8) is 0 Å². The van der Waals surface area contributed by atoms with Crippen LogP contribution in [0.3, 0.4) is 0 Å². The molecule has 1 amide bonds. The van der Waals surface area contributed by atoms with Gasteiger partial charge in [0.05, 0.1) is 11.1 Å². The van der Waals surface area contributed by atoms with Gasteiger partial charge in [-0.05, 0) is 12.1 Å². The Bertz CT molecular complexity index is 679. The fraction of sp³-hybridized carbons (Fsp3) is 0.0909. The van der Waals surface area contributed by atoms with Crippen LogP contribution < -0.4 is 5.43 Å². The first-order valence-electron chi connectivity index (χ1n) is 5.45. The van der Waals surface area contributed by atoms with E-state index in [2.05, 4.69) is 25.5 Å². The molecule has 1 aromatic heterocycles. The van der Waals surface area contributed by atoms with Crippen molar-refractivity contribution in [2.45, 2.75) is 6.92 Å². The minimum atomic E-state index is -0.578. The van der Waals surface area contributed by atoms with E-state index in [0.717, 1.165) is 0 Å². The zero-order valence-corrected chi connectivity index (χ0v) is 10.3. The number of hydrogen-bond acceptors (Lipinski definition) is 7. The molecule has 0 bridgehead atoms. The lowest BCUT2D eigenvalue weighted by Crippen LogP contribution is -2.19. The van der Waals surface area contributed by atoms with Gasteiger partial charge in [-0.3, -0.25) is 14.9 Å². The van der Waals surface area contributed by atoms with Crippen molar-refractivity contribution in [2.75, 3.05) is 0 Å². The molecule has 2 rings (SSSR count). The Labute approximate surface area is 112 Å². The summed E-state index contributed by atoms with van der Waals surface area (Å²) in [6, 6.07) is 5.83. The molecule has 1 heterocycles. The Balaban J connectivity index is 2.04. The van der Waals surface area contributed by atoms with Crippen LogP contribution in [-0.2, 0) is 0 Å². The number of nitrogens with zero attached hydrogens (tertiary/aromatic N) is 4. The van der Waals surface area contributed by atoms with E-state index in [1.54, 1.807) is 13.0 Å². The molecule has 0 unspecified atom stereocenters. The van der Waals surface area contributed by atoms with Crippen molar-refractivity contribution in [2.24, 2.45) is 5.10 Å². The number of hydrazone groups is 1. The second-order valence-corrected chi connectivity index (χ2v) is 3.75. The molecule has 0 fully saturated rings. The number of nitro groups is 1. The van der Waals surface area contributed by atoms with Crippen LogP contribution in [-0.4, -0.2) is 27.4 Å². The maximum Gasteiger partial charge on any atom is 0.295 e. The minimum absolute atomic E-state index is 0.0289. The van der Waals surface area contributed by atoms with Crippen LogP contribution in [0.15, 0.2) is 34.0 Å². The summed E-state index contributed by atoms with van der Waals surface area (Å²) in [4.78, 5) is 21.7. The summed E-state index contributed by atoms with van der Waals surface area (Å²) in [6.45, 7) is 1.57. The number of aryl methyl sites for hydroxylation is 1. The molecule has 0 radical (unpaired) electrons. The van der Waals surface area contributed by atoms with Gasteiger partial charge < -0.3 is 0 Å². The molecule has 1 N–H and O–H groups in total. The smallest absolute Gasteiger partial charge is 0.265 e. The van der Waals surface area contributed by atoms with E-state index in [9.17, 15) is 14.9 Å². The van der Waals surface area contributed by atoms with Gasteiger partial charge in [0.15, 0.2) is 5.69 Å². The summed E-state index contributed by atoms with van der Waals surface area (Å²) in [7, 11) is 0. The van der Waals surface area contributed by atoms with Crippen LogP contribution in [0.4, 0.5) is 5.69 Å². The second kappa shape index (κ2) is 5.69. The molecule has 0 aliphatic heterocycles. The Morgan fingerprint density at radius 3 is 2.95 bits per heavy atom. The zero-order chi connectivity index (χ0) is 14.5. The monoisotopic (exact) mass is 275 g/mol. The predicted octanol–water partition coefficient (Wildman–Crippen LogP) is 1.05. The maximum atomic E-state index is 11.6. The van der Waals surface area contributed by atoms with Gasteiger partial charge in [0.25, 0.3) is 11.6 Å². The maximum absolute atomic E-state index is 11.6. The molecule has 0 aliphatic rings. The summed E-state index contributed by atoms with van der Waals surface area (Å²) in [5, 5.41) is 21.2. The molecule has 9 nitrogen and oxygen atoms in total. The highest BCUT2D eigenvalue weighted by Gasteiger charge is 2.13. The van der Waals surface area contributed by atoms with Crippen LogP contribution in [0.25, 0.3) is 0 Å². The van der Waals surface area contributed by atoms with Crippen LogP contribution in [0.5, 0.6) is 0 Å². The number of amides is 1. The number of nitro benzene ring substituents is 1. The van der Waals surface area contributed by atoms with E-state index in [4.69, 9.17) is 0 Å². The molecule has 0 spiro atoms. The van der Waals surface area contributed by atoms with E-state index in [0.29, 0.717) is 11.3 Å². The molecule has 0 atom stereocenters. The first-order valence-corrected chi connectivity index (χ1v) is 5.45. The van der Waals surface area contributed by atoms with E-state index >= 15 is 0 Å². The average Bonchev–Trinajstić information content (AvgIpc) is 2.85. The number of carbonyl (C=O) groups is 1. The van der Waals surface area contributed by atoms with Gasteiger partial charge in [0, 0.05) is 17.7 Å². The van der Waals surface area contributed by atoms with Crippen molar-refractivity contribution in [3.05, 3.63) is 51.3 Å². The molecule has 20 heavy (non-hydrogen) atoms. The van der Waals surface area contributed by atoms with Crippen LogP contribution in [0.1, 0.15) is 21.7 Å². The highest BCUT2D eigenvalue weighted by molar-refractivity contribution is 5.93. The summed E-state index contributed by atoms with van der Waals surface area (Å²) in [5.74, 6) is -0.578. The molecular formula is C11H9N5O4. The van der Waals surface area contributed by atoms with E-state index in [-0.39, 0.29) is 11.4 Å². The molecule has 102 valence electrons. The van der Waals surface area contributed by atoms with Gasteiger partial charge in [0.2, 0.25) is 0 Å². The lowest BCUT2D eigenvalue weighted by Gasteiger charge is -1.96. The van der Waals surface area contributed by atoms with Gasteiger partial charge in [-0.25, -0.2) is 10.1 Å². The second-order valence-electron chi connectivity index (χ2n) is 3.75. The average molecular weight is 275 g/mol. The SMILES string of the molecule is Cc1nonc1C(=O)N/N=C\c1cccc([N+](=O)[O-])c1. The molecule has 0 aliphatic carbocycles. The highest BCUT2D eigenvalue weighted by Crippen LogP contribution is 2.11. The Hall–Kier alpha value is -3.10. The normalized spacial score (nSPS) is 10.7. The van der Waals surface area contributed by atoms with Gasteiger partial charge in [0.1, 0.15) is 5.69 Å². The van der Waals surface area contributed by atoms with Crippen LogP contribution in [0.2, 0.25) is 0 Å². The van der Waals surface area contributed by atoms with Crippen molar-refractivity contribution < 1.29 is 14.3 Å². The number of non-ortho nitro benzene ring substituents is 1. The summed E-state index contributed by atoms with van der Waals surface area (Å²) in [6.07, 6.45) is 1.29. The third-order valence-electron chi connectivity index (χ3n) is 2.33. The van der Waals surface area contributed by atoms with Crippen molar-refractivity contribution in [1.29, 1.82) is 0 Å². The van der Waals surface area contributed by atoms with Crippen molar-refractivity contribution >= 4 is 17.8 Å². The van der Waals surface area contributed by atoms with Crippen molar-refractivity contribution in [1.82, 2.24) is 15.7 Å². The molecular weight excluding hydrogens is 266 g/mol. The van der Waals surface area contributed by atoms with Crippen molar-refractivity contribution in [3.8, 4) is 0 Å². The topological polar surface area (TPSA) is 124 Å². The molecule has 2 aromatic rings. The lowest BCUT2D eigenvalue weighted by molar-refractivity contribution is -0.384. The van der Waals surface area contributed by atoms with Gasteiger partial charge in [-0.2, -0.15) is 5.10 Å². The van der Waals surface area contributed by atoms with Gasteiger partial charge in [-0.1, -0.05) is 17.3 Å². The fourth-order valence-corrected chi connectivity index (χ4v) is 1.37. The summed E-state index contributed by atoms with van der Waals surface area (Å²) < 4.78 is 4.39. The Kier molecular flexibility index (Phi) is 3.80. The highest BCUT2D eigenvalue weighted by atomic mass is 16.6. The molecule has 0 saturated heterocycles. The van der Waals surface area contributed by atoms with E-state index in [1.165, 1.54) is 24.4 Å². The first-order chi connectivity index (χ1) is 9.58.